The number of nitrogens with zero attached hydrogens (tertiary/aromatic N) is 3. The molecule has 2 amide bonds. The number of carbonyl (C=O) groups excluding carboxylic acids is 2. The van der Waals surface area contributed by atoms with E-state index in [0.717, 1.165) is 16.8 Å². The Labute approximate surface area is 168 Å². The van der Waals surface area contributed by atoms with Crippen LogP contribution in [0.3, 0.4) is 0 Å². The van der Waals surface area contributed by atoms with Crippen LogP contribution in [0.1, 0.15) is 38.7 Å². The van der Waals surface area contributed by atoms with Crippen LogP contribution in [-0.2, 0) is 11.8 Å². The van der Waals surface area contributed by atoms with Gasteiger partial charge in [-0.05, 0) is 36.8 Å². The van der Waals surface area contributed by atoms with Gasteiger partial charge in [0.15, 0.2) is 0 Å². The molecule has 1 aliphatic heterocycles. The number of benzene rings is 2. The normalized spacial score (nSPS) is 17.8. The molecule has 1 aliphatic rings. The van der Waals surface area contributed by atoms with Crippen LogP contribution in [0.4, 0.5) is 5.82 Å². The van der Waals surface area contributed by atoms with Crippen molar-refractivity contribution in [1.82, 2.24) is 15.1 Å². The van der Waals surface area contributed by atoms with Gasteiger partial charge < -0.3 is 10.6 Å². The summed E-state index contributed by atoms with van der Waals surface area (Å²) < 4.78 is 1.63. The van der Waals surface area contributed by atoms with Gasteiger partial charge in [0, 0.05) is 24.1 Å². The van der Waals surface area contributed by atoms with E-state index in [4.69, 9.17) is 5.26 Å². The third-order valence-corrected chi connectivity index (χ3v) is 5.16. The van der Waals surface area contributed by atoms with E-state index in [9.17, 15) is 9.59 Å². The molecule has 3 aromatic rings. The van der Waals surface area contributed by atoms with Crippen LogP contribution in [0, 0.1) is 18.3 Å². The Hall–Kier alpha value is -3.92. The Morgan fingerprint density at radius 2 is 1.86 bits per heavy atom. The molecule has 1 aromatic heterocycles. The van der Waals surface area contributed by atoms with Crippen molar-refractivity contribution in [2.45, 2.75) is 18.9 Å². The molecule has 2 atom stereocenters. The van der Waals surface area contributed by atoms with E-state index in [1.54, 1.807) is 48.1 Å². The van der Waals surface area contributed by atoms with E-state index >= 15 is 0 Å². The van der Waals surface area contributed by atoms with Crippen LogP contribution in [0.5, 0.6) is 0 Å². The molecule has 2 N–H and O–H groups in total. The Morgan fingerprint density at radius 1 is 1.17 bits per heavy atom. The topological polar surface area (TPSA) is 99.8 Å². The maximum Gasteiger partial charge on any atom is 0.251 e. The number of hydrogen-bond donors (Lipinski definition) is 2. The lowest BCUT2D eigenvalue weighted by atomic mass is 9.81. The number of anilines is 1. The van der Waals surface area contributed by atoms with Gasteiger partial charge in [-0.3, -0.25) is 14.3 Å². The molecular weight excluding hydrogens is 366 g/mol. The molecule has 0 aliphatic carbocycles. The zero-order chi connectivity index (χ0) is 20.5. The number of nitriles is 1. The minimum atomic E-state index is -0.814. The molecule has 0 saturated heterocycles. The zero-order valence-corrected chi connectivity index (χ0v) is 16.0. The van der Waals surface area contributed by atoms with Crippen LogP contribution >= 0.6 is 0 Å². The van der Waals surface area contributed by atoms with E-state index in [1.165, 1.54) is 0 Å². The summed E-state index contributed by atoms with van der Waals surface area (Å²) in [6.45, 7) is 1.88. The second-order valence-corrected chi connectivity index (χ2v) is 6.99. The average Bonchev–Trinajstić information content (AvgIpc) is 3.02. The maximum absolute atomic E-state index is 13.0. The molecule has 0 fully saturated rings. The molecule has 7 nitrogen and oxygen atoms in total. The lowest BCUT2D eigenvalue weighted by molar-refractivity contribution is -0.118. The Balaban J connectivity index is 1.79. The number of amides is 2. The van der Waals surface area contributed by atoms with Gasteiger partial charge in [0.05, 0.1) is 17.3 Å². The van der Waals surface area contributed by atoms with Crippen LogP contribution in [0.2, 0.25) is 0 Å². The summed E-state index contributed by atoms with van der Waals surface area (Å²) in [5, 5.41) is 19.3. The standard InChI is InChI=1S/C22H19N5O2/c1-13-17-18(15-10-8-14(12-23)9-11-15)19(22(29)25-20(17)27(2)26-13)24-21(28)16-6-4-3-5-7-16/h3-11,18-19H,1-2H3,(H,24,28)(H,25,29)/t18-,19-/m0/s1. The SMILES string of the molecule is Cc1nn(C)c2c1[C@H](c1ccc(C#N)cc1)[C@H](NC(=O)c1ccccc1)C(=O)N2. The van der Waals surface area contributed by atoms with E-state index in [1.807, 2.05) is 25.1 Å². The van der Waals surface area contributed by atoms with Crippen molar-refractivity contribution in [2.75, 3.05) is 5.32 Å². The fourth-order valence-electron chi connectivity index (χ4n) is 3.79. The highest BCUT2D eigenvalue weighted by Crippen LogP contribution is 2.39. The summed E-state index contributed by atoms with van der Waals surface area (Å²) in [5.41, 5.74) is 3.47. The highest BCUT2D eigenvalue weighted by atomic mass is 16.2. The largest absolute Gasteiger partial charge is 0.339 e. The summed E-state index contributed by atoms with van der Waals surface area (Å²) >= 11 is 0. The number of aromatic nitrogens is 2. The van der Waals surface area contributed by atoms with Gasteiger partial charge in [-0.1, -0.05) is 30.3 Å². The van der Waals surface area contributed by atoms with Crippen LogP contribution in [0.15, 0.2) is 54.6 Å². The van der Waals surface area contributed by atoms with Crippen molar-refractivity contribution in [3.63, 3.8) is 0 Å². The lowest BCUT2D eigenvalue weighted by Gasteiger charge is -2.32. The van der Waals surface area contributed by atoms with E-state index in [-0.39, 0.29) is 11.8 Å². The van der Waals surface area contributed by atoms with Gasteiger partial charge in [-0.2, -0.15) is 10.4 Å². The fourth-order valence-corrected chi connectivity index (χ4v) is 3.79. The van der Waals surface area contributed by atoms with Gasteiger partial charge >= 0.3 is 0 Å². The number of nitrogens with one attached hydrogen (secondary N) is 2. The molecule has 7 heteroatoms. The van der Waals surface area contributed by atoms with Crippen molar-refractivity contribution in [1.29, 1.82) is 5.26 Å². The first-order chi connectivity index (χ1) is 14.0. The van der Waals surface area contributed by atoms with Crippen molar-refractivity contribution in [2.24, 2.45) is 7.05 Å². The summed E-state index contributed by atoms with van der Waals surface area (Å²) in [6.07, 6.45) is 0. The minimum absolute atomic E-state index is 0.306. The van der Waals surface area contributed by atoms with Gasteiger partial charge in [-0.25, -0.2) is 0 Å². The highest BCUT2D eigenvalue weighted by molar-refractivity contribution is 6.03. The quantitative estimate of drug-likeness (QED) is 0.723. The van der Waals surface area contributed by atoms with Gasteiger partial charge in [0.1, 0.15) is 11.9 Å². The van der Waals surface area contributed by atoms with Crippen LogP contribution in [-0.4, -0.2) is 27.6 Å². The summed E-state index contributed by atoms with van der Waals surface area (Å²) in [7, 11) is 1.77. The van der Waals surface area contributed by atoms with Crippen LogP contribution < -0.4 is 10.6 Å². The third kappa shape index (κ3) is 3.25. The van der Waals surface area contributed by atoms with Gasteiger partial charge in [0.25, 0.3) is 5.91 Å². The molecule has 0 bridgehead atoms. The summed E-state index contributed by atoms with van der Waals surface area (Å²) in [6, 6.07) is 17.1. The first-order valence-electron chi connectivity index (χ1n) is 9.20. The number of aryl methyl sites for hydroxylation is 2. The third-order valence-electron chi connectivity index (χ3n) is 5.16. The Morgan fingerprint density at radius 3 is 2.52 bits per heavy atom. The van der Waals surface area contributed by atoms with Crippen molar-refractivity contribution < 1.29 is 9.59 Å². The minimum Gasteiger partial charge on any atom is -0.339 e. The Bertz CT molecular complexity index is 1130. The number of fused-ring (bicyclic) bond motifs is 1. The number of hydrogen-bond acceptors (Lipinski definition) is 4. The molecule has 144 valence electrons. The van der Waals surface area contributed by atoms with Crippen LogP contribution in [0.25, 0.3) is 0 Å². The lowest BCUT2D eigenvalue weighted by Crippen LogP contribution is -2.50. The molecule has 0 spiro atoms. The smallest absolute Gasteiger partial charge is 0.251 e. The molecule has 0 unspecified atom stereocenters. The van der Waals surface area contributed by atoms with E-state index in [0.29, 0.717) is 16.9 Å². The first-order valence-corrected chi connectivity index (χ1v) is 9.20. The Kier molecular flexibility index (Phi) is 4.61. The predicted octanol–water partition coefficient (Wildman–Crippen LogP) is 2.48. The first kappa shape index (κ1) is 18.4. The number of carbonyl (C=O) groups is 2. The monoisotopic (exact) mass is 385 g/mol. The second kappa shape index (κ2) is 7.24. The maximum atomic E-state index is 13.0. The molecule has 4 rings (SSSR count). The molecular formula is C22H19N5O2. The average molecular weight is 385 g/mol. The highest BCUT2D eigenvalue weighted by Gasteiger charge is 2.41. The molecule has 2 aromatic carbocycles. The predicted molar refractivity (Wildman–Crippen MR) is 107 cm³/mol. The van der Waals surface area contributed by atoms with E-state index < -0.39 is 12.0 Å². The summed E-state index contributed by atoms with van der Waals surface area (Å²) in [4.78, 5) is 25.8. The van der Waals surface area contributed by atoms with Crippen molar-refractivity contribution in [3.8, 4) is 6.07 Å². The zero-order valence-electron chi connectivity index (χ0n) is 16.0. The molecule has 0 radical (unpaired) electrons. The molecule has 2 heterocycles. The van der Waals surface area contributed by atoms with Gasteiger partial charge in [-0.15, -0.1) is 0 Å². The second-order valence-electron chi connectivity index (χ2n) is 6.99. The molecule has 0 saturated carbocycles. The van der Waals surface area contributed by atoms with Crippen molar-refractivity contribution in [3.05, 3.63) is 82.5 Å². The summed E-state index contributed by atoms with van der Waals surface area (Å²) in [5.74, 6) is -0.437. The van der Waals surface area contributed by atoms with Gasteiger partial charge in [0.2, 0.25) is 5.91 Å². The van der Waals surface area contributed by atoms with E-state index in [2.05, 4.69) is 21.8 Å². The molecule has 29 heavy (non-hydrogen) atoms. The van der Waals surface area contributed by atoms with Crippen molar-refractivity contribution >= 4 is 17.6 Å². The number of rotatable bonds is 3. The fraction of sp³-hybridized carbons (Fsp3) is 0.182.